The summed E-state index contributed by atoms with van der Waals surface area (Å²) in [5.74, 6) is -0.580. The molecule has 0 amide bonds. The first-order chi connectivity index (χ1) is 11.6. The lowest BCUT2D eigenvalue weighted by molar-refractivity contribution is -0.176. The Morgan fingerprint density at radius 1 is 0.958 bits per heavy atom. The van der Waals surface area contributed by atoms with Crippen molar-refractivity contribution in [2.45, 2.75) is 24.0 Å². The highest BCUT2D eigenvalue weighted by Gasteiger charge is 2.51. The Hall–Kier alpha value is -2.17. The van der Waals surface area contributed by atoms with Gasteiger partial charge in [-0.2, -0.15) is 0 Å². The number of fused-ring (bicyclic) bond motifs is 2. The lowest BCUT2D eigenvalue weighted by atomic mass is 9.86. The number of esters is 1. The van der Waals surface area contributed by atoms with E-state index in [9.17, 15) is 9.90 Å². The molecule has 4 heteroatoms. The third-order valence-electron chi connectivity index (χ3n) is 5.27. The summed E-state index contributed by atoms with van der Waals surface area (Å²) >= 11 is 0. The molecule has 2 aliphatic rings. The zero-order valence-corrected chi connectivity index (χ0v) is 13.5. The molecule has 0 radical (unpaired) electrons. The molecule has 2 fully saturated rings. The van der Waals surface area contributed by atoms with Crippen molar-refractivity contribution in [2.24, 2.45) is 0 Å². The molecule has 0 aromatic heterocycles. The van der Waals surface area contributed by atoms with Crippen LogP contribution in [0.25, 0.3) is 0 Å². The topological polar surface area (TPSA) is 49.8 Å². The van der Waals surface area contributed by atoms with Gasteiger partial charge in [-0.25, -0.2) is 4.79 Å². The predicted molar refractivity (Wildman–Crippen MR) is 90.4 cm³/mol. The van der Waals surface area contributed by atoms with Crippen LogP contribution >= 0.6 is 0 Å². The van der Waals surface area contributed by atoms with Gasteiger partial charge in [-0.15, -0.1) is 0 Å². The van der Waals surface area contributed by atoms with Gasteiger partial charge in [0, 0.05) is 32.5 Å². The minimum Gasteiger partial charge on any atom is -0.455 e. The van der Waals surface area contributed by atoms with Crippen molar-refractivity contribution in [3.63, 3.8) is 0 Å². The molecule has 2 saturated heterocycles. The maximum absolute atomic E-state index is 13.1. The first kappa shape index (κ1) is 15.4. The van der Waals surface area contributed by atoms with E-state index in [1.807, 2.05) is 36.4 Å². The van der Waals surface area contributed by atoms with Crippen LogP contribution in [0, 0.1) is 0 Å². The summed E-state index contributed by atoms with van der Waals surface area (Å²) in [5, 5.41) is 11.4. The molecule has 0 unspecified atom stereocenters. The SMILES string of the molecule is O=C(OC12CCN(CC1)C2)C(O)(c1ccccc1)c1ccccc1. The van der Waals surface area contributed by atoms with Crippen molar-refractivity contribution >= 4 is 5.97 Å². The zero-order valence-electron chi connectivity index (χ0n) is 13.5. The molecule has 2 heterocycles. The van der Waals surface area contributed by atoms with Crippen LogP contribution in [-0.2, 0) is 15.1 Å². The lowest BCUT2D eigenvalue weighted by Crippen LogP contribution is -2.45. The maximum Gasteiger partial charge on any atom is 0.348 e. The van der Waals surface area contributed by atoms with Crippen molar-refractivity contribution in [3.05, 3.63) is 71.8 Å². The Bertz CT molecular complexity index is 682. The summed E-state index contributed by atoms with van der Waals surface area (Å²) in [6, 6.07) is 18.1. The van der Waals surface area contributed by atoms with Gasteiger partial charge in [0.1, 0.15) is 5.60 Å². The Balaban J connectivity index is 1.72. The van der Waals surface area contributed by atoms with E-state index in [1.165, 1.54) is 0 Å². The summed E-state index contributed by atoms with van der Waals surface area (Å²) in [7, 11) is 0. The molecule has 124 valence electrons. The molecule has 0 spiro atoms. The standard InChI is InChI=1S/C20H21NO3/c22-18(24-19-11-13-21(15-19)14-12-19)20(23,16-7-3-1-4-8-16)17-9-5-2-6-10-17/h1-10,23H,11-15H2. The Kier molecular flexibility index (Phi) is 3.66. The molecule has 0 aliphatic carbocycles. The molecule has 1 N–H and O–H groups in total. The van der Waals surface area contributed by atoms with E-state index >= 15 is 0 Å². The second-order valence-corrected chi connectivity index (χ2v) is 6.79. The van der Waals surface area contributed by atoms with Crippen LogP contribution in [0.15, 0.2) is 60.7 Å². The summed E-state index contributed by atoms with van der Waals surface area (Å²) in [5.41, 5.74) is -1.15. The van der Waals surface area contributed by atoms with Gasteiger partial charge in [-0.1, -0.05) is 60.7 Å². The highest BCUT2D eigenvalue weighted by molar-refractivity contribution is 5.85. The van der Waals surface area contributed by atoms with Crippen LogP contribution in [0.4, 0.5) is 0 Å². The van der Waals surface area contributed by atoms with E-state index < -0.39 is 17.2 Å². The van der Waals surface area contributed by atoms with Crippen LogP contribution in [0.5, 0.6) is 0 Å². The predicted octanol–water partition coefficient (Wildman–Crippen LogP) is 2.31. The van der Waals surface area contributed by atoms with Gasteiger partial charge < -0.3 is 9.84 Å². The van der Waals surface area contributed by atoms with Crippen LogP contribution in [0.1, 0.15) is 24.0 Å². The number of hydrogen-bond acceptors (Lipinski definition) is 4. The summed E-state index contributed by atoms with van der Waals surface area (Å²) in [4.78, 5) is 15.4. The van der Waals surface area contributed by atoms with E-state index in [-0.39, 0.29) is 0 Å². The van der Waals surface area contributed by atoms with Gasteiger partial charge in [0.05, 0.1) is 0 Å². The lowest BCUT2D eigenvalue weighted by Gasteiger charge is -2.33. The molecular weight excluding hydrogens is 302 g/mol. The fraction of sp³-hybridized carbons (Fsp3) is 0.350. The van der Waals surface area contributed by atoms with Crippen LogP contribution in [0.3, 0.4) is 0 Å². The summed E-state index contributed by atoms with van der Waals surface area (Å²) in [6.45, 7) is 2.70. The van der Waals surface area contributed by atoms with Crippen molar-refractivity contribution in [1.82, 2.24) is 4.90 Å². The third-order valence-corrected chi connectivity index (χ3v) is 5.27. The van der Waals surface area contributed by atoms with E-state index in [0.29, 0.717) is 11.1 Å². The Morgan fingerprint density at radius 3 is 1.88 bits per heavy atom. The minimum atomic E-state index is -1.78. The average molecular weight is 323 g/mol. The zero-order chi connectivity index (χ0) is 16.6. The van der Waals surface area contributed by atoms with E-state index in [2.05, 4.69) is 4.90 Å². The van der Waals surface area contributed by atoms with Crippen LogP contribution in [0.2, 0.25) is 0 Å². The Labute approximate surface area is 141 Å². The van der Waals surface area contributed by atoms with Crippen molar-refractivity contribution < 1.29 is 14.6 Å². The van der Waals surface area contributed by atoms with E-state index in [4.69, 9.17) is 4.74 Å². The number of piperidine rings is 1. The average Bonchev–Trinajstić information content (AvgIpc) is 3.23. The first-order valence-corrected chi connectivity index (χ1v) is 8.42. The molecule has 4 nitrogen and oxygen atoms in total. The van der Waals surface area contributed by atoms with Crippen molar-refractivity contribution in [3.8, 4) is 0 Å². The quantitative estimate of drug-likeness (QED) is 0.877. The third kappa shape index (κ3) is 2.43. The number of rotatable bonds is 4. The molecule has 24 heavy (non-hydrogen) atoms. The number of aliphatic hydroxyl groups is 1. The highest BCUT2D eigenvalue weighted by atomic mass is 16.6. The van der Waals surface area contributed by atoms with Gasteiger partial charge in [-0.3, -0.25) is 4.90 Å². The first-order valence-electron chi connectivity index (χ1n) is 8.42. The summed E-state index contributed by atoms with van der Waals surface area (Å²) < 4.78 is 5.93. The Morgan fingerprint density at radius 2 is 1.46 bits per heavy atom. The number of carbonyl (C=O) groups excluding carboxylic acids is 1. The maximum atomic E-state index is 13.1. The minimum absolute atomic E-state index is 0.436. The second-order valence-electron chi connectivity index (χ2n) is 6.79. The number of hydrogen-bond donors (Lipinski definition) is 1. The molecule has 2 bridgehead atoms. The smallest absolute Gasteiger partial charge is 0.348 e. The van der Waals surface area contributed by atoms with Gasteiger partial charge in [-0.05, 0) is 11.1 Å². The number of ether oxygens (including phenoxy) is 1. The molecule has 2 aromatic carbocycles. The molecule has 0 saturated carbocycles. The van der Waals surface area contributed by atoms with Gasteiger partial charge in [0.2, 0.25) is 5.60 Å². The monoisotopic (exact) mass is 323 g/mol. The number of carbonyl (C=O) groups is 1. The largest absolute Gasteiger partial charge is 0.455 e. The van der Waals surface area contributed by atoms with E-state index in [0.717, 1.165) is 32.5 Å². The molecular formula is C20H21NO3. The van der Waals surface area contributed by atoms with Gasteiger partial charge in [0.15, 0.2) is 0 Å². The normalized spacial score (nSPS) is 25.6. The molecule has 2 aromatic rings. The van der Waals surface area contributed by atoms with Crippen LogP contribution in [-0.4, -0.2) is 41.2 Å². The van der Waals surface area contributed by atoms with Crippen molar-refractivity contribution in [1.29, 1.82) is 0 Å². The fourth-order valence-corrected chi connectivity index (χ4v) is 3.85. The molecule has 0 atom stereocenters. The van der Waals surface area contributed by atoms with Crippen LogP contribution < -0.4 is 0 Å². The summed E-state index contributed by atoms with van der Waals surface area (Å²) in [6.07, 6.45) is 1.69. The van der Waals surface area contributed by atoms with E-state index in [1.54, 1.807) is 24.3 Å². The molecule has 2 aliphatic heterocycles. The highest BCUT2D eigenvalue weighted by Crippen LogP contribution is 2.39. The number of nitrogens with zero attached hydrogens (tertiary/aromatic N) is 1. The fourth-order valence-electron chi connectivity index (χ4n) is 3.85. The van der Waals surface area contributed by atoms with Crippen molar-refractivity contribution in [2.75, 3.05) is 19.6 Å². The van der Waals surface area contributed by atoms with Gasteiger partial charge >= 0.3 is 5.97 Å². The second kappa shape index (κ2) is 5.72. The van der Waals surface area contributed by atoms with Gasteiger partial charge in [0.25, 0.3) is 0 Å². The molecule has 4 rings (SSSR count). The number of benzene rings is 2.